The largest absolute Gasteiger partial charge is 0.331 e. The lowest BCUT2D eigenvalue weighted by Crippen LogP contribution is -2.28. The SMILES string of the molecule is Cc1ccc(NC(=O)NCc2nc(-c3ccncc3)cs2)cc1. The van der Waals surface area contributed by atoms with Gasteiger partial charge in [-0.2, -0.15) is 0 Å². The van der Waals surface area contributed by atoms with Crippen molar-refractivity contribution < 1.29 is 4.79 Å². The lowest BCUT2D eigenvalue weighted by molar-refractivity contribution is 0.251. The third-order valence-corrected chi connectivity index (χ3v) is 4.09. The van der Waals surface area contributed by atoms with Gasteiger partial charge in [-0.1, -0.05) is 17.7 Å². The number of carbonyl (C=O) groups excluding carboxylic acids is 1. The van der Waals surface area contributed by atoms with E-state index >= 15 is 0 Å². The van der Waals surface area contributed by atoms with Crippen LogP contribution >= 0.6 is 11.3 Å². The van der Waals surface area contributed by atoms with Crippen LogP contribution in [0.5, 0.6) is 0 Å². The molecule has 2 N–H and O–H groups in total. The van der Waals surface area contributed by atoms with Crippen molar-refractivity contribution >= 4 is 23.1 Å². The van der Waals surface area contributed by atoms with Crippen molar-refractivity contribution in [3.8, 4) is 11.3 Å². The molecule has 5 nitrogen and oxygen atoms in total. The lowest BCUT2D eigenvalue weighted by Gasteiger charge is -2.06. The number of anilines is 1. The van der Waals surface area contributed by atoms with E-state index in [0.29, 0.717) is 6.54 Å². The summed E-state index contributed by atoms with van der Waals surface area (Å²) in [4.78, 5) is 20.4. The highest BCUT2D eigenvalue weighted by Crippen LogP contribution is 2.20. The van der Waals surface area contributed by atoms with Crippen molar-refractivity contribution in [3.05, 3.63) is 64.7 Å². The van der Waals surface area contributed by atoms with Crippen molar-refractivity contribution in [2.45, 2.75) is 13.5 Å². The first-order chi connectivity index (χ1) is 11.2. The van der Waals surface area contributed by atoms with Crippen molar-refractivity contribution in [2.75, 3.05) is 5.32 Å². The summed E-state index contributed by atoms with van der Waals surface area (Å²) in [6, 6.07) is 11.2. The van der Waals surface area contributed by atoms with Crippen molar-refractivity contribution in [1.82, 2.24) is 15.3 Å². The van der Waals surface area contributed by atoms with Crippen molar-refractivity contribution in [3.63, 3.8) is 0 Å². The van der Waals surface area contributed by atoms with Crippen LogP contribution in [0.4, 0.5) is 10.5 Å². The molecule has 0 fully saturated rings. The molecule has 2 aromatic heterocycles. The Morgan fingerprint density at radius 3 is 2.61 bits per heavy atom. The van der Waals surface area contributed by atoms with Crippen LogP contribution in [-0.2, 0) is 6.54 Å². The highest BCUT2D eigenvalue weighted by atomic mass is 32.1. The maximum atomic E-state index is 11.9. The van der Waals surface area contributed by atoms with Gasteiger partial charge in [0, 0.05) is 29.0 Å². The number of amides is 2. The van der Waals surface area contributed by atoms with Crippen LogP contribution < -0.4 is 10.6 Å². The smallest absolute Gasteiger partial charge is 0.319 e. The van der Waals surface area contributed by atoms with Gasteiger partial charge in [-0.25, -0.2) is 9.78 Å². The normalized spacial score (nSPS) is 10.3. The molecular weight excluding hydrogens is 308 g/mol. The van der Waals surface area contributed by atoms with E-state index in [1.165, 1.54) is 11.3 Å². The summed E-state index contributed by atoms with van der Waals surface area (Å²) in [5.74, 6) is 0. The van der Waals surface area contributed by atoms with E-state index in [-0.39, 0.29) is 6.03 Å². The zero-order chi connectivity index (χ0) is 16.1. The Balaban J connectivity index is 1.55. The van der Waals surface area contributed by atoms with E-state index < -0.39 is 0 Å². The van der Waals surface area contributed by atoms with Gasteiger partial charge in [-0.05, 0) is 31.2 Å². The molecule has 0 aliphatic heterocycles. The molecule has 0 bridgehead atoms. The zero-order valence-corrected chi connectivity index (χ0v) is 13.4. The molecule has 116 valence electrons. The fraction of sp³-hybridized carbons (Fsp3) is 0.118. The average Bonchev–Trinajstić information content (AvgIpc) is 3.05. The number of thiazole rings is 1. The Bertz CT molecular complexity index is 784. The monoisotopic (exact) mass is 324 g/mol. The number of carbonyl (C=O) groups is 1. The number of nitrogens with one attached hydrogen (secondary N) is 2. The van der Waals surface area contributed by atoms with E-state index in [1.807, 2.05) is 48.7 Å². The predicted octanol–water partition coefficient (Wildman–Crippen LogP) is 3.84. The molecule has 0 aliphatic rings. The van der Waals surface area contributed by atoms with Crippen LogP contribution in [0.15, 0.2) is 54.2 Å². The molecule has 0 atom stereocenters. The van der Waals surface area contributed by atoms with Gasteiger partial charge in [-0.15, -0.1) is 11.3 Å². The van der Waals surface area contributed by atoms with Gasteiger partial charge in [0.2, 0.25) is 0 Å². The first-order valence-corrected chi connectivity index (χ1v) is 8.05. The topological polar surface area (TPSA) is 66.9 Å². The summed E-state index contributed by atoms with van der Waals surface area (Å²) in [7, 11) is 0. The van der Waals surface area contributed by atoms with E-state index in [4.69, 9.17) is 0 Å². The van der Waals surface area contributed by atoms with Crippen LogP contribution in [0, 0.1) is 6.92 Å². The molecular formula is C17H16N4OS. The molecule has 0 spiro atoms. The third-order valence-electron chi connectivity index (χ3n) is 3.24. The van der Waals surface area contributed by atoms with Crippen LogP contribution in [-0.4, -0.2) is 16.0 Å². The maximum absolute atomic E-state index is 11.9. The second kappa shape index (κ2) is 7.02. The quantitative estimate of drug-likeness (QED) is 0.766. The van der Waals surface area contributed by atoms with Gasteiger partial charge < -0.3 is 10.6 Å². The Hall–Kier alpha value is -2.73. The fourth-order valence-electron chi connectivity index (χ4n) is 2.02. The van der Waals surface area contributed by atoms with Gasteiger partial charge in [0.1, 0.15) is 5.01 Å². The number of aromatic nitrogens is 2. The number of aryl methyl sites for hydroxylation is 1. The zero-order valence-electron chi connectivity index (χ0n) is 12.6. The second-order valence-electron chi connectivity index (χ2n) is 5.04. The molecule has 0 aliphatic carbocycles. The summed E-state index contributed by atoms with van der Waals surface area (Å²) in [6.07, 6.45) is 3.48. The molecule has 3 aromatic rings. The number of benzene rings is 1. The number of hydrogen-bond donors (Lipinski definition) is 2. The molecule has 23 heavy (non-hydrogen) atoms. The number of pyridine rings is 1. The van der Waals surface area contributed by atoms with E-state index in [1.54, 1.807) is 12.4 Å². The van der Waals surface area contributed by atoms with E-state index in [9.17, 15) is 4.79 Å². The van der Waals surface area contributed by atoms with Crippen LogP contribution in [0.25, 0.3) is 11.3 Å². The number of hydrogen-bond acceptors (Lipinski definition) is 4. The molecule has 0 saturated heterocycles. The number of rotatable bonds is 4. The molecule has 0 saturated carbocycles. The van der Waals surface area contributed by atoms with Crippen molar-refractivity contribution in [2.24, 2.45) is 0 Å². The molecule has 6 heteroatoms. The first-order valence-electron chi connectivity index (χ1n) is 7.17. The third kappa shape index (κ3) is 4.14. The fourth-order valence-corrected chi connectivity index (χ4v) is 2.76. The minimum Gasteiger partial charge on any atom is -0.331 e. The summed E-state index contributed by atoms with van der Waals surface area (Å²) < 4.78 is 0. The minimum absolute atomic E-state index is 0.241. The van der Waals surface area contributed by atoms with Crippen LogP contribution in [0.3, 0.4) is 0 Å². The molecule has 0 radical (unpaired) electrons. The highest BCUT2D eigenvalue weighted by molar-refractivity contribution is 7.09. The lowest BCUT2D eigenvalue weighted by atomic mass is 10.2. The van der Waals surface area contributed by atoms with E-state index in [2.05, 4.69) is 20.6 Å². The number of urea groups is 1. The van der Waals surface area contributed by atoms with Crippen LogP contribution in [0.2, 0.25) is 0 Å². The molecule has 2 amide bonds. The van der Waals surface area contributed by atoms with Gasteiger partial charge in [-0.3, -0.25) is 4.98 Å². The van der Waals surface area contributed by atoms with Crippen LogP contribution in [0.1, 0.15) is 10.6 Å². The standard InChI is InChI=1S/C17H16N4OS/c1-12-2-4-14(5-3-12)20-17(22)19-10-16-21-15(11-23-16)13-6-8-18-9-7-13/h2-9,11H,10H2,1H3,(H2,19,20,22). The summed E-state index contributed by atoms with van der Waals surface area (Å²) in [5.41, 5.74) is 3.84. The minimum atomic E-state index is -0.241. The Morgan fingerprint density at radius 2 is 1.87 bits per heavy atom. The van der Waals surface area contributed by atoms with E-state index in [0.717, 1.165) is 27.5 Å². The Labute approximate surface area is 138 Å². The maximum Gasteiger partial charge on any atom is 0.319 e. The average molecular weight is 324 g/mol. The highest BCUT2D eigenvalue weighted by Gasteiger charge is 2.06. The molecule has 0 unspecified atom stereocenters. The van der Waals surface area contributed by atoms with Gasteiger partial charge >= 0.3 is 6.03 Å². The van der Waals surface area contributed by atoms with Gasteiger partial charge in [0.25, 0.3) is 0 Å². The Kier molecular flexibility index (Phi) is 4.63. The molecule has 2 heterocycles. The molecule has 3 rings (SSSR count). The molecule has 1 aromatic carbocycles. The Morgan fingerprint density at radius 1 is 1.13 bits per heavy atom. The van der Waals surface area contributed by atoms with Crippen molar-refractivity contribution in [1.29, 1.82) is 0 Å². The number of nitrogens with zero attached hydrogens (tertiary/aromatic N) is 2. The van der Waals surface area contributed by atoms with Gasteiger partial charge in [0.05, 0.1) is 12.2 Å². The predicted molar refractivity (Wildman–Crippen MR) is 92.4 cm³/mol. The summed E-state index contributed by atoms with van der Waals surface area (Å²) in [6.45, 7) is 2.40. The van der Waals surface area contributed by atoms with Gasteiger partial charge in [0.15, 0.2) is 0 Å². The summed E-state index contributed by atoms with van der Waals surface area (Å²) >= 11 is 1.52. The first kappa shape index (κ1) is 15.2. The second-order valence-corrected chi connectivity index (χ2v) is 5.98. The summed E-state index contributed by atoms with van der Waals surface area (Å²) in [5, 5.41) is 8.44.